The van der Waals surface area contributed by atoms with Gasteiger partial charge in [-0.2, -0.15) is 0 Å². The van der Waals surface area contributed by atoms with Crippen molar-refractivity contribution >= 4 is 35.2 Å². The molecule has 0 saturated carbocycles. The lowest BCUT2D eigenvalue weighted by Crippen LogP contribution is -2.59. The fourth-order valence-electron chi connectivity index (χ4n) is 7.46. The molecule has 0 radical (unpaired) electrons. The molecule has 3 amide bonds. The number of para-hydroxylation sites is 1. The Labute approximate surface area is 242 Å². The number of hydrogen-bond donors (Lipinski definition) is 1. The summed E-state index contributed by atoms with van der Waals surface area (Å²) < 4.78 is -1.57. The molecule has 40 heavy (non-hydrogen) atoms. The molecule has 2 saturated heterocycles. The number of thioether (sulfide) groups is 1. The number of hydrogen-bond acceptors (Lipinski definition) is 5. The van der Waals surface area contributed by atoms with E-state index in [-0.39, 0.29) is 36.3 Å². The van der Waals surface area contributed by atoms with Crippen LogP contribution in [0, 0.1) is 17.8 Å². The summed E-state index contributed by atoms with van der Waals surface area (Å²) in [5.74, 6) is -1.73. The van der Waals surface area contributed by atoms with Gasteiger partial charge in [0.15, 0.2) is 0 Å². The molecule has 2 unspecified atom stereocenters. The Hall–Kier alpha value is -2.58. The number of anilines is 1. The van der Waals surface area contributed by atoms with Gasteiger partial charge in [0.1, 0.15) is 6.04 Å². The van der Waals surface area contributed by atoms with Gasteiger partial charge in [-0.3, -0.25) is 14.4 Å². The minimum Gasteiger partial charge on any atom is -0.394 e. The second kappa shape index (κ2) is 11.0. The van der Waals surface area contributed by atoms with Gasteiger partial charge >= 0.3 is 0 Å². The lowest BCUT2D eigenvalue weighted by atomic mass is 9.74. The average Bonchev–Trinajstić information content (AvgIpc) is 3.21. The van der Waals surface area contributed by atoms with Crippen molar-refractivity contribution in [3.05, 3.63) is 54.6 Å². The summed E-state index contributed by atoms with van der Waals surface area (Å²) in [6, 6.07) is 8.33. The Morgan fingerprint density at radius 1 is 0.975 bits per heavy atom. The molecule has 7 nitrogen and oxygen atoms in total. The van der Waals surface area contributed by atoms with Crippen LogP contribution in [0.15, 0.2) is 54.6 Å². The van der Waals surface area contributed by atoms with Crippen LogP contribution in [0.5, 0.6) is 0 Å². The summed E-state index contributed by atoms with van der Waals surface area (Å²) in [6.07, 6.45) is 10.8. The van der Waals surface area contributed by atoms with Gasteiger partial charge in [0.2, 0.25) is 17.7 Å². The van der Waals surface area contributed by atoms with Crippen LogP contribution in [0.1, 0.15) is 53.9 Å². The number of rotatable bonds is 8. The summed E-state index contributed by atoms with van der Waals surface area (Å²) in [5.41, 5.74) is 0.797. The van der Waals surface area contributed by atoms with Crippen LogP contribution in [0.25, 0.3) is 0 Å². The standard InChI is InChI=1S/C32H43N3O4S/c1-6-13-22(4)33-18-12-17-32-26(29(38)35(27(32)30(33)39)24(20-36)21(3)7-2)25-28(37)34(23-14-9-8-10-15-23)19-11-16-31(25,5)40-32/h8-12,14-17,21-22,24-27,36H,6-7,13,18-20H2,1-5H3/t21-,22?,24-,25+,26-,27?,31-,32-/m0/s1. The topological polar surface area (TPSA) is 81.2 Å². The molecule has 8 heteroatoms. The van der Waals surface area contributed by atoms with Crippen LogP contribution in [-0.2, 0) is 14.4 Å². The maximum absolute atomic E-state index is 14.7. The first-order valence-electron chi connectivity index (χ1n) is 14.8. The van der Waals surface area contributed by atoms with Gasteiger partial charge < -0.3 is 19.8 Å². The van der Waals surface area contributed by atoms with Crippen LogP contribution < -0.4 is 4.90 Å². The van der Waals surface area contributed by atoms with Gasteiger partial charge in [-0.1, -0.05) is 76.1 Å². The van der Waals surface area contributed by atoms with Crippen LogP contribution in [0.4, 0.5) is 5.69 Å². The summed E-state index contributed by atoms with van der Waals surface area (Å²) in [7, 11) is 0. The molecule has 4 aliphatic rings. The average molecular weight is 566 g/mol. The van der Waals surface area contributed by atoms with Crippen molar-refractivity contribution in [2.75, 3.05) is 24.6 Å². The molecule has 8 atom stereocenters. The van der Waals surface area contributed by atoms with E-state index in [4.69, 9.17) is 0 Å². The Kier molecular flexibility index (Phi) is 7.96. The van der Waals surface area contributed by atoms with Gasteiger partial charge in [0, 0.05) is 29.6 Å². The summed E-state index contributed by atoms with van der Waals surface area (Å²) >= 11 is 1.60. The van der Waals surface area contributed by atoms with Crippen molar-refractivity contribution in [3.63, 3.8) is 0 Å². The van der Waals surface area contributed by atoms with Crippen LogP contribution >= 0.6 is 11.8 Å². The highest BCUT2D eigenvalue weighted by atomic mass is 32.2. The first-order chi connectivity index (χ1) is 19.1. The third kappa shape index (κ3) is 4.33. The van der Waals surface area contributed by atoms with E-state index < -0.39 is 33.4 Å². The molecule has 1 aromatic carbocycles. The van der Waals surface area contributed by atoms with Gasteiger partial charge in [0.25, 0.3) is 0 Å². The van der Waals surface area contributed by atoms with Crippen molar-refractivity contribution in [1.29, 1.82) is 0 Å². The molecular weight excluding hydrogens is 522 g/mol. The smallest absolute Gasteiger partial charge is 0.247 e. The Morgan fingerprint density at radius 3 is 2.33 bits per heavy atom. The van der Waals surface area contributed by atoms with E-state index >= 15 is 0 Å². The molecule has 0 aromatic heterocycles. The van der Waals surface area contributed by atoms with Crippen LogP contribution in [0.2, 0.25) is 0 Å². The lowest BCUT2D eigenvalue weighted by Gasteiger charge is -2.42. The number of fused-ring (bicyclic) bond motifs is 2. The predicted molar refractivity (Wildman–Crippen MR) is 160 cm³/mol. The third-order valence-corrected chi connectivity index (χ3v) is 11.5. The van der Waals surface area contributed by atoms with E-state index in [9.17, 15) is 19.5 Å². The zero-order chi connectivity index (χ0) is 28.8. The van der Waals surface area contributed by atoms with Crippen molar-refractivity contribution < 1.29 is 19.5 Å². The number of carbonyl (C=O) groups excluding carboxylic acids is 3. The van der Waals surface area contributed by atoms with Gasteiger partial charge in [-0.15, -0.1) is 11.8 Å². The first kappa shape index (κ1) is 28.9. The number of aliphatic hydroxyl groups excluding tert-OH is 1. The van der Waals surface area contributed by atoms with Crippen molar-refractivity contribution in [2.45, 2.75) is 81.5 Å². The molecule has 1 N–H and O–H groups in total. The maximum atomic E-state index is 14.7. The summed E-state index contributed by atoms with van der Waals surface area (Å²) in [5, 5.41) is 10.6. The molecule has 4 heterocycles. The van der Waals surface area contributed by atoms with Gasteiger partial charge in [-0.25, -0.2) is 0 Å². The van der Waals surface area contributed by atoms with E-state index in [1.54, 1.807) is 21.6 Å². The summed E-state index contributed by atoms with van der Waals surface area (Å²) in [4.78, 5) is 49.2. The molecular formula is C32H43N3O4S. The Bertz CT molecular complexity index is 1200. The number of nitrogens with zero attached hydrogens (tertiary/aromatic N) is 3. The number of carbonyl (C=O) groups is 3. The van der Waals surface area contributed by atoms with E-state index in [0.717, 1.165) is 24.9 Å². The number of likely N-dealkylation sites (tertiary alicyclic amines) is 1. The number of aliphatic hydroxyl groups is 1. The fraction of sp³-hybridized carbons (Fsp3) is 0.594. The molecule has 4 aliphatic heterocycles. The predicted octanol–water partition coefficient (Wildman–Crippen LogP) is 4.27. The summed E-state index contributed by atoms with van der Waals surface area (Å²) in [6.45, 7) is 11.0. The van der Waals surface area contributed by atoms with Crippen LogP contribution in [-0.4, -0.2) is 79.9 Å². The van der Waals surface area contributed by atoms with Crippen LogP contribution in [0.3, 0.4) is 0 Å². The van der Waals surface area contributed by atoms with Gasteiger partial charge in [-0.05, 0) is 38.3 Å². The van der Waals surface area contributed by atoms with Crippen molar-refractivity contribution in [3.8, 4) is 0 Å². The number of benzene rings is 1. The third-order valence-electron chi connectivity index (χ3n) is 9.68. The van der Waals surface area contributed by atoms with E-state index in [2.05, 4.69) is 26.0 Å². The highest BCUT2D eigenvalue weighted by molar-refractivity contribution is 8.02. The van der Waals surface area contributed by atoms with E-state index in [0.29, 0.717) is 13.1 Å². The lowest BCUT2D eigenvalue weighted by molar-refractivity contribution is -0.148. The second-order valence-electron chi connectivity index (χ2n) is 12.1. The van der Waals surface area contributed by atoms with Crippen molar-refractivity contribution in [2.24, 2.45) is 17.8 Å². The minimum atomic E-state index is -0.908. The molecule has 5 rings (SSSR count). The molecule has 216 valence electrons. The first-order valence-corrected chi connectivity index (χ1v) is 15.6. The zero-order valence-electron chi connectivity index (χ0n) is 24.3. The van der Waals surface area contributed by atoms with E-state index in [1.165, 1.54) is 0 Å². The molecule has 0 bridgehead atoms. The maximum Gasteiger partial charge on any atom is 0.247 e. The Morgan fingerprint density at radius 2 is 1.68 bits per heavy atom. The van der Waals surface area contributed by atoms with Gasteiger partial charge in [0.05, 0.1) is 29.2 Å². The normalized spacial score (nSPS) is 33.8. The van der Waals surface area contributed by atoms with Crippen molar-refractivity contribution in [1.82, 2.24) is 9.80 Å². The zero-order valence-corrected chi connectivity index (χ0v) is 25.1. The largest absolute Gasteiger partial charge is 0.394 e. The molecule has 1 aromatic rings. The fourth-order valence-corrected chi connectivity index (χ4v) is 9.60. The van der Waals surface area contributed by atoms with E-state index in [1.807, 2.05) is 68.2 Å². The highest BCUT2D eigenvalue weighted by Gasteiger charge is 2.74. The number of amides is 3. The monoisotopic (exact) mass is 565 g/mol. The minimum absolute atomic E-state index is 0.00620. The second-order valence-corrected chi connectivity index (χ2v) is 13.9. The Balaban J connectivity index is 1.67. The SMILES string of the molecule is CCCC(C)N1CC=C[C@]23S[C@@]4(C)C=CCN(c5ccccc5)C(=O)[C@H]4[C@H]2C(=O)N([C@@H](CO)[C@@H](C)CC)C3C1=O. The highest BCUT2D eigenvalue weighted by Crippen LogP contribution is 2.66. The molecule has 2 fully saturated rings. The quantitative estimate of drug-likeness (QED) is 0.476. The molecule has 0 aliphatic carbocycles. The molecule has 1 spiro atoms.